The van der Waals surface area contributed by atoms with Gasteiger partial charge in [-0.15, -0.1) is 0 Å². The van der Waals surface area contributed by atoms with Crippen molar-refractivity contribution in [2.45, 2.75) is 38.5 Å². The molecule has 2 saturated heterocycles. The number of pyridine rings is 1. The fourth-order valence-electron chi connectivity index (χ4n) is 4.40. The van der Waals surface area contributed by atoms with Gasteiger partial charge < -0.3 is 14.4 Å². The monoisotopic (exact) mass is 397 g/mol. The van der Waals surface area contributed by atoms with E-state index in [9.17, 15) is 9.90 Å². The molecule has 0 aliphatic carbocycles. The minimum Gasteiger partial charge on any atom is -0.503 e. The Labute approximate surface area is 172 Å². The molecule has 0 spiro atoms. The van der Waals surface area contributed by atoms with E-state index in [-0.39, 0.29) is 17.3 Å². The van der Waals surface area contributed by atoms with E-state index in [1.807, 2.05) is 29.8 Å². The highest BCUT2D eigenvalue weighted by atomic mass is 16.5. The van der Waals surface area contributed by atoms with Gasteiger partial charge >= 0.3 is 0 Å². The first-order chi connectivity index (χ1) is 14.1. The van der Waals surface area contributed by atoms with E-state index < -0.39 is 0 Å². The second kappa shape index (κ2) is 9.11. The Balaban J connectivity index is 1.52. The number of piperidine rings is 1. The van der Waals surface area contributed by atoms with Gasteiger partial charge in [0.05, 0.1) is 18.4 Å². The van der Waals surface area contributed by atoms with Gasteiger partial charge in [0, 0.05) is 45.0 Å². The summed E-state index contributed by atoms with van der Waals surface area (Å²) in [7, 11) is 1.96. The van der Waals surface area contributed by atoms with Crippen LogP contribution in [0.3, 0.4) is 0 Å². The quantitative estimate of drug-likeness (QED) is 0.841. The van der Waals surface area contributed by atoms with Gasteiger partial charge in [-0.3, -0.25) is 14.6 Å². The van der Waals surface area contributed by atoms with Crippen molar-refractivity contribution in [2.75, 3.05) is 32.8 Å². The van der Waals surface area contributed by atoms with Gasteiger partial charge in [0.25, 0.3) is 0 Å². The van der Waals surface area contributed by atoms with Crippen molar-refractivity contribution in [1.82, 2.24) is 14.4 Å². The fourth-order valence-corrected chi connectivity index (χ4v) is 4.40. The molecule has 29 heavy (non-hydrogen) atoms. The molecular formula is C23H31N3O3. The lowest BCUT2D eigenvalue weighted by Gasteiger charge is -2.34. The minimum atomic E-state index is -0.280. The molecule has 1 atom stereocenters. The summed E-state index contributed by atoms with van der Waals surface area (Å²) in [5.41, 5.74) is 2.54. The number of hydrogen-bond acceptors (Lipinski definition) is 5. The van der Waals surface area contributed by atoms with Gasteiger partial charge in [0.2, 0.25) is 5.43 Å². The maximum Gasteiger partial charge on any atom is 0.223 e. The van der Waals surface area contributed by atoms with Gasteiger partial charge in [-0.25, -0.2) is 0 Å². The van der Waals surface area contributed by atoms with Gasteiger partial charge in [-0.1, -0.05) is 36.8 Å². The molecule has 1 aromatic heterocycles. The van der Waals surface area contributed by atoms with E-state index in [0.29, 0.717) is 18.8 Å². The molecule has 3 heterocycles. The summed E-state index contributed by atoms with van der Waals surface area (Å²) in [6, 6.07) is 11.8. The highest BCUT2D eigenvalue weighted by molar-refractivity contribution is 5.30. The Morgan fingerprint density at radius 3 is 2.55 bits per heavy atom. The average molecular weight is 398 g/mol. The normalized spacial score (nSPS) is 21.3. The predicted molar refractivity (Wildman–Crippen MR) is 113 cm³/mol. The zero-order valence-electron chi connectivity index (χ0n) is 17.2. The third-order valence-corrected chi connectivity index (χ3v) is 6.17. The molecule has 0 bridgehead atoms. The van der Waals surface area contributed by atoms with Crippen molar-refractivity contribution in [3.05, 3.63) is 63.6 Å². The highest BCUT2D eigenvalue weighted by Crippen LogP contribution is 2.25. The lowest BCUT2D eigenvalue weighted by atomic mass is 10.1. The summed E-state index contributed by atoms with van der Waals surface area (Å²) in [6.07, 6.45) is 3.73. The molecule has 1 aromatic carbocycles. The Bertz CT molecular complexity index is 875. The molecule has 6 nitrogen and oxygen atoms in total. The lowest BCUT2D eigenvalue weighted by Crippen LogP contribution is -2.39. The maximum absolute atomic E-state index is 12.5. The third-order valence-electron chi connectivity index (χ3n) is 6.17. The lowest BCUT2D eigenvalue weighted by molar-refractivity contribution is -0.0338. The van der Waals surface area contributed by atoms with Gasteiger partial charge in [-0.05, 0) is 31.5 Å². The predicted octanol–water partition coefficient (Wildman–Crippen LogP) is 2.65. The van der Waals surface area contributed by atoms with E-state index in [1.165, 1.54) is 19.3 Å². The van der Waals surface area contributed by atoms with E-state index >= 15 is 0 Å². The molecule has 0 amide bonds. The maximum atomic E-state index is 12.5. The Morgan fingerprint density at radius 2 is 1.79 bits per heavy atom. The number of aromatic hydroxyl groups is 1. The van der Waals surface area contributed by atoms with Crippen molar-refractivity contribution in [2.24, 2.45) is 7.05 Å². The summed E-state index contributed by atoms with van der Waals surface area (Å²) < 4.78 is 7.97. The van der Waals surface area contributed by atoms with E-state index in [1.54, 1.807) is 6.07 Å². The van der Waals surface area contributed by atoms with Crippen LogP contribution >= 0.6 is 0 Å². The van der Waals surface area contributed by atoms with Crippen LogP contribution in [0.1, 0.15) is 42.3 Å². The van der Waals surface area contributed by atoms with Crippen molar-refractivity contribution >= 4 is 0 Å². The molecule has 4 rings (SSSR count). The average Bonchev–Trinajstić information content (AvgIpc) is 2.76. The van der Waals surface area contributed by atoms with Crippen LogP contribution in [-0.4, -0.2) is 52.3 Å². The van der Waals surface area contributed by atoms with Gasteiger partial charge in [0.15, 0.2) is 5.75 Å². The molecule has 2 aliphatic rings. The zero-order chi connectivity index (χ0) is 20.2. The van der Waals surface area contributed by atoms with Crippen LogP contribution in [-0.2, 0) is 24.9 Å². The van der Waals surface area contributed by atoms with Crippen LogP contribution in [0.25, 0.3) is 0 Å². The van der Waals surface area contributed by atoms with Crippen molar-refractivity contribution in [1.29, 1.82) is 0 Å². The SMILES string of the molecule is Cn1c(CN2CCCCC2)cc(=O)c(O)c1CN1CCOC(c2ccccc2)C1. The standard InChI is InChI=1S/C23H31N3O3/c1-24-19(15-25-10-6-3-7-11-25)14-21(27)23(28)20(24)16-26-12-13-29-22(17-26)18-8-4-2-5-9-18/h2,4-5,8-9,14,22,28H,3,6-7,10-13,15-17H2,1H3. The Hall–Kier alpha value is -2.15. The second-order valence-corrected chi connectivity index (χ2v) is 8.20. The Morgan fingerprint density at radius 1 is 1.03 bits per heavy atom. The highest BCUT2D eigenvalue weighted by Gasteiger charge is 2.24. The summed E-state index contributed by atoms with van der Waals surface area (Å²) in [5.74, 6) is -0.127. The summed E-state index contributed by atoms with van der Waals surface area (Å²) in [5, 5.41) is 10.5. The van der Waals surface area contributed by atoms with E-state index in [2.05, 4.69) is 21.9 Å². The molecular weight excluding hydrogens is 366 g/mol. The third kappa shape index (κ3) is 4.71. The molecule has 1 unspecified atom stereocenters. The summed E-state index contributed by atoms with van der Waals surface area (Å²) in [4.78, 5) is 17.1. The van der Waals surface area contributed by atoms with Gasteiger partial charge in [0.1, 0.15) is 0 Å². The molecule has 6 heteroatoms. The Kier molecular flexibility index (Phi) is 6.33. The molecule has 0 radical (unpaired) electrons. The van der Waals surface area contributed by atoms with Crippen LogP contribution in [0.15, 0.2) is 41.2 Å². The number of hydrogen-bond donors (Lipinski definition) is 1. The van der Waals surface area contributed by atoms with Crippen LogP contribution in [0.2, 0.25) is 0 Å². The van der Waals surface area contributed by atoms with E-state index in [4.69, 9.17) is 4.74 Å². The zero-order valence-corrected chi connectivity index (χ0v) is 17.2. The van der Waals surface area contributed by atoms with Crippen molar-refractivity contribution in [3.8, 4) is 5.75 Å². The summed E-state index contributed by atoms with van der Waals surface area (Å²) in [6.45, 7) is 5.62. The number of nitrogens with zero attached hydrogens (tertiary/aromatic N) is 3. The molecule has 156 valence electrons. The number of aromatic nitrogens is 1. The molecule has 2 aliphatic heterocycles. The van der Waals surface area contributed by atoms with Gasteiger partial charge in [-0.2, -0.15) is 0 Å². The summed E-state index contributed by atoms with van der Waals surface area (Å²) >= 11 is 0. The number of morpholine rings is 1. The first-order valence-corrected chi connectivity index (χ1v) is 10.6. The first kappa shape index (κ1) is 20.1. The van der Waals surface area contributed by atoms with Crippen LogP contribution in [0.5, 0.6) is 5.75 Å². The second-order valence-electron chi connectivity index (χ2n) is 8.20. The topological polar surface area (TPSA) is 57.9 Å². The molecule has 1 N–H and O–H groups in total. The van der Waals surface area contributed by atoms with E-state index in [0.717, 1.165) is 44.0 Å². The number of likely N-dealkylation sites (tertiary alicyclic amines) is 1. The van der Waals surface area contributed by atoms with Crippen molar-refractivity contribution in [3.63, 3.8) is 0 Å². The minimum absolute atomic E-state index is 0.0145. The fraction of sp³-hybridized carbons (Fsp3) is 0.522. The number of rotatable bonds is 5. The number of benzene rings is 1. The van der Waals surface area contributed by atoms with Crippen molar-refractivity contribution < 1.29 is 9.84 Å². The molecule has 2 aromatic rings. The number of ether oxygens (including phenoxy) is 1. The van der Waals surface area contributed by atoms with Crippen LogP contribution in [0.4, 0.5) is 0 Å². The first-order valence-electron chi connectivity index (χ1n) is 10.6. The largest absolute Gasteiger partial charge is 0.503 e. The molecule has 0 saturated carbocycles. The van der Waals surface area contributed by atoms with Crippen LogP contribution < -0.4 is 5.43 Å². The smallest absolute Gasteiger partial charge is 0.223 e. The molecule has 2 fully saturated rings. The van der Waals surface area contributed by atoms with Crippen LogP contribution in [0, 0.1) is 0 Å².